The quantitative estimate of drug-likeness (QED) is 0.0275. The number of hydrogen-bond acceptors (Lipinski definition) is 17. The lowest BCUT2D eigenvalue weighted by atomic mass is 10.0. The first-order valence-electron chi connectivity index (χ1n) is 23.0. The first-order valence-corrected chi connectivity index (χ1v) is 25.5. The minimum atomic E-state index is -2.14. The van der Waals surface area contributed by atoms with E-state index in [0.29, 0.717) is 11.1 Å². The SMILES string of the molecule is CC(NC(=O)CNC(=O)c1ccc(-c2ccc(-c3ccc(C(=O)NCC(=O)NCC(=O)NC(Cc4ccccc4)C(=O)NC(CC(O)O)C(O)O)s3)s2)s1)C(=O)NC(Cc1ccccc1)C(=O)NC(CC(=O)O)C(=O)O. The lowest BCUT2D eigenvalue weighted by molar-refractivity contribution is -0.147. The second-order valence-corrected chi connectivity index (χ2v) is 20.0. The predicted molar refractivity (Wildman–Crippen MR) is 275 cm³/mol. The Morgan fingerprint density at radius 1 is 0.474 bits per heavy atom. The van der Waals surface area contributed by atoms with E-state index >= 15 is 0 Å². The Morgan fingerprint density at radius 3 is 1.39 bits per heavy atom. The summed E-state index contributed by atoms with van der Waals surface area (Å²) >= 11 is 3.68. The van der Waals surface area contributed by atoms with Gasteiger partial charge in [0.15, 0.2) is 12.6 Å². The summed E-state index contributed by atoms with van der Waals surface area (Å²) in [4.78, 5) is 130. The summed E-state index contributed by atoms with van der Waals surface area (Å²) in [6, 6.07) is 20.1. The number of aliphatic carboxylic acids is 2. The maximum Gasteiger partial charge on any atom is 0.326 e. The minimum Gasteiger partial charge on any atom is -0.481 e. The number of carboxylic acid groups (broad SMARTS) is 2. The van der Waals surface area contributed by atoms with Gasteiger partial charge in [-0.3, -0.25) is 43.2 Å². The number of carboxylic acids is 2. The highest BCUT2D eigenvalue weighted by molar-refractivity contribution is 7.27. The fraction of sp³-hybridized carbons (Fsp3) is 0.306. The van der Waals surface area contributed by atoms with Crippen LogP contribution in [0.5, 0.6) is 0 Å². The van der Waals surface area contributed by atoms with Gasteiger partial charge >= 0.3 is 11.9 Å². The first-order chi connectivity index (χ1) is 36.1. The molecule has 76 heavy (non-hydrogen) atoms. The number of hydrogen-bond donors (Lipinski definition) is 14. The maximum atomic E-state index is 13.1. The Bertz CT molecular complexity index is 2860. The number of thiophene rings is 3. The van der Waals surface area contributed by atoms with Gasteiger partial charge in [-0.2, -0.15) is 0 Å². The molecule has 0 aliphatic rings. The minimum absolute atomic E-state index is 0.0336. The van der Waals surface area contributed by atoms with Crippen molar-refractivity contribution in [2.45, 2.75) is 75.4 Å². The number of aliphatic hydroxyl groups excluding tert-OH is 2. The van der Waals surface area contributed by atoms with Crippen molar-refractivity contribution in [3.8, 4) is 19.5 Å². The highest BCUT2D eigenvalue weighted by Crippen LogP contribution is 2.40. The predicted octanol–water partition coefficient (Wildman–Crippen LogP) is -0.719. The van der Waals surface area contributed by atoms with Crippen LogP contribution in [0.1, 0.15) is 50.2 Å². The number of benzene rings is 2. The zero-order chi connectivity index (χ0) is 55.5. The van der Waals surface area contributed by atoms with Gasteiger partial charge in [0.05, 0.1) is 41.9 Å². The third-order valence-electron chi connectivity index (χ3n) is 10.8. The van der Waals surface area contributed by atoms with Crippen LogP contribution >= 0.6 is 34.0 Å². The molecule has 14 N–H and O–H groups in total. The van der Waals surface area contributed by atoms with Crippen molar-refractivity contribution < 1.29 is 78.6 Å². The van der Waals surface area contributed by atoms with Crippen LogP contribution in [0.15, 0.2) is 97.1 Å². The maximum absolute atomic E-state index is 13.1. The summed E-state index contributed by atoms with van der Waals surface area (Å²) in [5.41, 5.74) is 1.23. The first kappa shape index (κ1) is 59.0. The normalized spacial score (nSPS) is 13.0. The van der Waals surface area contributed by atoms with E-state index in [1.165, 1.54) is 18.3 Å². The Hall–Kier alpha value is -7.92. The molecule has 5 atom stereocenters. The van der Waals surface area contributed by atoms with Crippen LogP contribution in [0.2, 0.25) is 0 Å². The standard InChI is InChI=1S/C49H54N8O16S3/c1-25(43(65)55-29(19-27-10-6-3-7-11-27)45(67)57-31(49(72)73)21-42(63)64)53-39(59)24-52-47(69)37-17-15-35(76-37)33-13-12-32(74-33)34-14-16-36(75-34)46(68)51-22-38(58)50-23-40(60)54-28(18-26-8-4-2-5-9-26)44(66)56-30(48(70)71)20-41(61)62/h2-17,25,28-31,41,48,61-62,70-71H,18-24H2,1H3,(H,50,58)(H,51,68)(H,52,69)(H,53,59)(H,54,60)(H,55,65)(H,56,66)(H,57,67)(H,63,64)(H,72,73). The molecule has 0 saturated carbocycles. The van der Waals surface area contributed by atoms with Gasteiger partial charge in [-0.1, -0.05) is 60.7 Å². The second-order valence-electron chi connectivity index (χ2n) is 16.7. The average molecular weight is 1110 g/mol. The van der Waals surface area contributed by atoms with Crippen molar-refractivity contribution in [3.63, 3.8) is 0 Å². The van der Waals surface area contributed by atoms with Crippen LogP contribution in [0.4, 0.5) is 0 Å². The molecule has 0 fully saturated rings. The van der Waals surface area contributed by atoms with Crippen LogP contribution in [0.3, 0.4) is 0 Å². The molecule has 0 bridgehead atoms. The topological polar surface area (TPSA) is 388 Å². The number of aliphatic hydroxyl groups is 4. The molecule has 0 radical (unpaired) electrons. The van der Waals surface area contributed by atoms with Gasteiger partial charge in [0, 0.05) is 38.8 Å². The molecule has 404 valence electrons. The lowest BCUT2D eigenvalue weighted by Crippen LogP contribution is -2.56. The summed E-state index contributed by atoms with van der Waals surface area (Å²) in [5, 5.41) is 75.4. The van der Waals surface area contributed by atoms with E-state index in [1.54, 1.807) is 84.9 Å². The molecule has 3 heterocycles. The number of amides is 8. The molecule has 24 nitrogen and oxygen atoms in total. The zero-order valence-electron chi connectivity index (χ0n) is 40.2. The number of rotatable bonds is 28. The average Bonchev–Trinajstić information content (AvgIpc) is 4.19. The Balaban J connectivity index is 1.07. The van der Waals surface area contributed by atoms with Gasteiger partial charge in [0.1, 0.15) is 24.2 Å². The van der Waals surface area contributed by atoms with Gasteiger partial charge < -0.3 is 73.2 Å². The lowest BCUT2D eigenvalue weighted by Gasteiger charge is -2.25. The molecule has 5 rings (SSSR count). The number of carbonyl (C=O) groups is 10. The smallest absolute Gasteiger partial charge is 0.326 e. The molecule has 3 aromatic heterocycles. The van der Waals surface area contributed by atoms with Gasteiger partial charge in [-0.25, -0.2) is 4.79 Å². The van der Waals surface area contributed by atoms with Crippen LogP contribution in [-0.4, -0.2) is 152 Å². The molecular weight excluding hydrogens is 1050 g/mol. The molecule has 8 amide bonds. The van der Waals surface area contributed by atoms with Crippen molar-refractivity contribution in [3.05, 3.63) is 118 Å². The van der Waals surface area contributed by atoms with Crippen LogP contribution < -0.4 is 42.5 Å². The molecule has 0 spiro atoms. The van der Waals surface area contributed by atoms with E-state index in [2.05, 4.69) is 42.5 Å². The number of nitrogens with one attached hydrogen (secondary N) is 8. The molecular formula is C49H54N8O16S3. The van der Waals surface area contributed by atoms with Crippen molar-refractivity contribution in [2.75, 3.05) is 19.6 Å². The van der Waals surface area contributed by atoms with E-state index in [-0.39, 0.29) is 22.6 Å². The van der Waals surface area contributed by atoms with E-state index in [0.717, 1.165) is 42.2 Å². The van der Waals surface area contributed by atoms with Crippen molar-refractivity contribution in [1.29, 1.82) is 0 Å². The van der Waals surface area contributed by atoms with E-state index < -0.39 is 134 Å². The van der Waals surface area contributed by atoms with Crippen molar-refractivity contribution >= 4 is 93.2 Å². The van der Waals surface area contributed by atoms with E-state index in [1.807, 2.05) is 12.1 Å². The van der Waals surface area contributed by atoms with Crippen molar-refractivity contribution in [1.82, 2.24) is 42.5 Å². The third-order valence-corrected chi connectivity index (χ3v) is 14.4. The van der Waals surface area contributed by atoms with Gasteiger partial charge in [0.2, 0.25) is 35.4 Å². The highest BCUT2D eigenvalue weighted by Gasteiger charge is 2.31. The van der Waals surface area contributed by atoms with Crippen molar-refractivity contribution in [2.24, 2.45) is 0 Å². The Kier molecular flexibility index (Phi) is 22.2. The van der Waals surface area contributed by atoms with Gasteiger partial charge in [-0.05, 0) is 54.4 Å². The largest absolute Gasteiger partial charge is 0.481 e. The molecule has 2 aromatic carbocycles. The molecule has 0 aliphatic heterocycles. The van der Waals surface area contributed by atoms with Crippen LogP contribution in [0.25, 0.3) is 19.5 Å². The molecule has 5 aromatic rings. The third kappa shape index (κ3) is 18.8. The van der Waals surface area contributed by atoms with Gasteiger partial charge in [0.25, 0.3) is 11.8 Å². The second kappa shape index (κ2) is 28.7. The number of carbonyl (C=O) groups excluding carboxylic acids is 8. The molecule has 0 aliphatic carbocycles. The van der Waals surface area contributed by atoms with E-state index in [9.17, 15) is 73.5 Å². The summed E-state index contributed by atoms with van der Waals surface area (Å²) in [6.45, 7) is -0.274. The molecule has 5 unspecified atom stereocenters. The zero-order valence-corrected chi connectivity index (χ0v) is 42.7. The fourth-order valence-corrected chi connectivity index (χ4v) is 9.99. The Morgan fingerprint density at radius 2 is 0.908 bits per heavy atom. The summed E-state index contributed by atoms with van der Waals surface area (Å²) < 4.78 is 0. The Labute approximate surface area is 444 Å². The molecule has 0 saturated heterocycles. The van der Waals surface area contributed by atoms with E-state index in [4.69, 9.17) is 5.11 Å². The van der Waals surface area contributed by atoms with Gasteiger partial charge in [-0.15, -0.1) is 34.0 Å². The fourth-order valence-electron chi connectivity index (χ4n) is 6.96. The monoisotopic (exact) mass is 1110 g/mol. The van der Waals surface area contributed by atoms with Crippen LogP contribution in [-0.2, 0) is 51.2 Å². The van der Waals surface area contributed by atoms with Crippen LogP contribution in [0, 0.1) is 0 Å². The summed E-state index contributed by atoms with van der Waals surface area (Å²) in [6.07, 6.45) is -5.75. The molecule has 27 heteroatoms. The highest BCUT2D eigenvalue weighted by atomic mass is 32.1. The summed E-state index contributed by atoms with van der Waals surface area (Å²) in [7, 11) is 0. The summed E-state index contributed by atoms with van der Waals surface area (Å²) in [5.74, 6) is -9.08.